The van der Waals surface area contributed by atoms with Gasteiger partial charge in [-0.2, -0.15) is 0 Å². The predicted molar refractivity (Wildman–Crippen MR) is 84.7 cm³/mol. The van der Waals surface area contributed by atoms with E-state index in [4.69, 9.17) is 0 Å². The van der Waals surface area contributed by atoms with E-state index in [0.29, 0.717) is 24.6 Å². The maximum absolute atomic E-state index is 11.5. The number of nitrogens with zero attached hydrogens (tertiary/aromatic N) is 6. The van der Waals surface area contributed by atoms with Crippen LogP contribution in [0.5, 0.6) is 0 Å². The van der Waals surface area contributed by atoms with Crippen molar-refractivity contribution in [2.75, 3.05) is 38.1 Å². The molecule has 0 atom stereocenters. The van der Waals surface area contributed by atoms with Gasteiger partial charge in [0.2, 0.25) is 5.69 Å². The molecule has 2 aromatic rings. The first kappa shape index (κ1) is 15.9. The number of hydrogen-bond acceptors (Lipinski definition) is 7. The van der Waals surface area contributed by atoms with Gasteiger partial charge in [0.25, 0.3) is 5.69 Å². The molecule has 1 N–H and O–H groups in total. The zero-order valence-corrected chi connectivity index (χ0v) is 13.0. The van der Waals surface area contributed by atoms with Gasteiger partial charge in [0.1, 0.15) is 0 Å². The molecule has 0 unspecified atom stereocenters. The molecule has 1 aromatic carbocycles. The van der Waals surface area contributed by atoms with Gasteiger partial charge in [-0.05, 0) is 19.2 Å². The van der Waals surface area contributed by atoms with Crippen LogP contribution in [0.1, 0.15) is 10.5 Å². The molecule has 10 nitrogen and oxygen atoms in total. The summed E-state index contributed by atoms with van der Waals surface area (Å²) >= 11 is 0. The zero-order chi connectivity index (χ0) is 17.3. The number of anilines is 1. The normalized spacial score (nSPS) is 15.5. The Labute approximate surface area is 137 Å². The lowest BCUT2D eigenvalue weighted by atomic mass is 10.3. The molecular formula is C14H16N6O4. The number of likely N-dealkylation sites (N-methyl/N-ethyl adjacent to an activating group) is 1. The van der Waals surface area contributed by atoms with Crippen LogP contribution in [0.3, 0.4) is 0 Å². The molecule has 1 fully saturated rings. The van der Waals surface area contributed by atoms with Crippen LogP contribution in [0.2, 0.25) is 0 Å². The third-order valence-corrected chi connectivity index (χ3v) is 3.89. The SMILES string of the molecule is CN1CCN(c2nn(-c3ccc([N+](=O)[O-])cc3)nc2C(=O)O)CC1. The first-order valence-electron chi connectivity index (χ1n) is 7.34. The van der Waals surface area contributed by atoms with Crippen LogP contribution in [-0.4, -0.2) is 69.1 Å². The number of carbonyl (C=O) groups is 1. The highest BCUT2D eigenvalue weighted by atomic mass is 16.6. The van der Waals surface area contributed by atoms with Gasteiger partial charge in [0.05, 0.1) is 10.6 Å². The van der Waals surface area contributed by atoms with Gasteiger partial charge in [-0.3, -0.25) is 10.1 Å². The summed E-state index contributed by atoms with van der Waals surface area (Å²) in [5, 5.41) is 28.4. The van der Waals surface area contributed by atoms with Crippen LogP contribution in [-0.2, 0) is 0 Å². The first-order valence-corrected chi connectivity index (χ1v) is 7.34. The number of aromatic carboxylic acids is 1. The molecular weight excluding hydrogens is 316 g/mol. The average molecular weight is 332 g/mol. The third kappa shape index (κ3) is 3.04. The van der Waals surface area contributed by atoms with Gasteiger partial charge in [-0.15, -0.1) is 15.0 Å². The Hall–Kier alpha value is -3.01. The first-order chi connectivity index (χ1) is 11.5. The Balaban J connectivity index is 1.93. The van der Waals surface area contributed by atoms with Crippen LogP contribution in [0.4, 0.5) is 11.5 Å². The number of hydrogen-bond donors (Lipinski definition) is 1. The van der Waals surface area contributed by atoms with Crippen molar-refractivity contribution >= 4 is 17.5 Å². The second kappa shape index (κ2) is 6.24. The van der Waals surface area contributed by atoms with E-state index in [-0.39, 0.29) is 11.4 Å². The molecule has 1 aliphatic heterocycles. The summed E-state index contributed by atoms with van der Waals surface area (Å²) in [5.74, 6) is -0.842. The van der Waals surface area contributed by atoms with Crippen molar-refractivity contribution in [3.63, 3.8) is 0 Å². The summed E-state index contributed by atoms with van der Waals surface area (Å²) in [6.07, 6.45) is 0. The van der Waals surface area contributed by atoms with E-state index in [1.54, 1.807) is 0 Å². The highest BCUT2D eigenvalue weighted by Crippen LogP contribution is 2.21. The predicted octanol–water partition coefficient (Wildman–Crippen LogP) is 0.625. The summed E-state index contributed by atoms with van der Waals surface area (Å²) in [4.78, 5) is 26.9. The highest BCUT2D eigenvalue weighted by molar-refractivity contribution is 5.91. The molecule has 0 bridgehead atoms. The third-order valence-electron chi connectivity index (χ3n) is 3.89. The number of piperazine rings is 1. The number of non-ortho nitro benzene ring substituents is 1. The number of rotatable bonds is 4. The number of aromatic nitrogens is 3. The molecule has 10 heteroatoms. The van der Waals surface area contributed by atoms with Crippen LogP contribution in [0.15, 0.2) is 24.3 Å². The van der Waals surface area contributed by atoms with Gasteiger partial charge >= 0.3 is 5.97 Å². The van der Waals surface area contributed by atoms with E-state index in [0.717, 1.165) is 13.1 Å². The molecule has 126 valence electrons. The van der Waals surface area contributed by atoms with E-state index in [9.17, 15) is 20.0 Å². The molecule has 3 rings (SSSR count). The summed E-state index contributed by atoms with van der Waals surface area (Å²) in [7, 11) is 2.00. The maximum atomic E-state index is 11.5. The fourth-order valence-electron chi connectivity index (χ4n) is 2.49. The Bertz CT molecular complexity index is 764. The summed E-state index contributed by atoms with van der Waals surface area (Å²) < 4.78 is 0. The standard InChI is InChI=1S/C14H16N6O4/c1-17-6-8-18(9-7-17)13-12(14(21)22)15-19(16-13)10-2-4-11(5-3-10)20(23)24/h2-5H,6-9H2,1H3,(H,21,22). The van der Waals surface area contributed by atoms with E-state index >= 15 is 0 Å². The second-order valence-corrected chi connectivity index (χ2v) is 5.53. The lowest BCUT2D eigenvalue weighted by molar-refractivity contribution is -0.384. The van der Waals surface area contributed by atoms with E-state index in [1.165, 1.54) is 29.1 Å². The fourth-order valence-corrected chi connectivity index (χ4v) is 2.49. The molecule has 0 spiro atoms. The van der Waals surface area contributed by atoms with E-state index in [2.05, 4.69) is 15.1 Å². The maximum Gasteiger partial charge on any atom is 0.360 e. The minimum Gasteiger partial charge on any atom is -0.476 e. The molecule has 1 saturated heterocycles. The van der Waals surface area contributed by atoms with Crippen LogP contribution in [0.25, 0.3) is 5.69 Å². The molecule has 1 aromatic heterocycles. The fraction of sp³-hybridized carbons (Fsp3) is 0.357. The lowest BCUT2D eigenvalue weighted by Gasteiger charge is -2.32. The number of nitro groups is 1. The summed E-state index contributed by atoms with van der Waals surface area (Å²) in [5.41, 5.74) is 0.282. The van der Waals surface area contributed by atoms with Crippen molar-refractivity contribution in [3.05, 3.63) is 40.1 Å². The average Bonchev–Trinajstić information content (AvgIpc) is 3.01. The van der Waals surface area contributed by atoms with E-state index < -0.39 is 10.9 Å². The molecule has 2 heterocycles. The molecule has 0 saturated carbocycles. The van der Waals surface area contributed by atoms with Crippen molar-refractivity contribution in [2.45, 2.75) is 0 Å². The Morgan fingerprint density at radius 3 is 2.33 bits per heavy atom. The second-order valence-electron chi connectivity index (χ2n) is 5.53. The molecule has 1 aliphatic rings. The van der Waals surface area contributed by atoms with Crippen LogP contribution < -0.4 is 4.90 Å². The Kier molecular flexibility index (Phi) is 4.13. The summed E-state index contributed by atoms with van der Waals surface area (Å²) in [6, 6.07) is 5.62. The summed E-state index contributed by atoms with van der Waals surface area (Å²) in [6.45, 7) is 2.94. The van der Waals surface area contributed by atoms with Gasteiger partial charge in [-0.25, -0.2) is 4.79 Å². The number of carboxylic acid groups (broad SMARTS) is 1. The van der Waals surface area contributed by atoms with Gasteiger partial charge < -0.3 is 14.9 Å². The quantitative estimate of drug-likeness (QED) is 0.640. The topological polar surface area (TPSA) is 118 Å². The molecule has 0 radical (unpaired) electrons. The Morgan fingerprint density at radius 1 is 1.17 bits per heavy atom. The van der Waals surface area contributed by atoms with Crippen molar-refractivity contribution < 1.29 is 14.8 Å². The largest absolute Gasteiger partial charge is 0.476 e. The monoisotopic (exact) mass is 332 g/mol. The van der Waals surface area contributed by atoms with Gasteiger partial charge in [0, 0.05) is 38.3 Å². The number of nitro benzene ring substituents is 1. The van der Waals surface area contributed by atoms with Gasteiger partial charge in [-0.1, -0.05) is 0 Å². The molecule has 0 amide bonds. The number of benzene rings is 1. The lowest BCUT2D eigenvalue weighted by Crippen LogP contribution is -2.45. The highest BCUT2D eigenvalue weighted by Gasteiger charge is 2.25. The van der Waals surface area contributed by atoms with Crippen molar-refractivity contribution in [3.8, 4) is 5.69 Å². The van der Waals surface area contributed by atoms with Gasteiger partial charge in [0.15, 0.2) is 5.82 Å². The van der Waals surface area contributed by atoms with E-state index in [1.807, 2.05) is 11.9 Å². The molecule has 0 aliphatic carbocycles. The van der Waals surface area contributed by atoms with Crippen molar-refractivity contribution in [1.29, 1.82) is 0 Å². The minimum atomic E-state index is -1.16. The van der Waals surface area contributed by atoms with Crippen LogP contribution >= 0.6 is 0 Å². The smallest absolute Gasteiger partial charge is 0.360 e. The van der Waals surface area contributed by atoms with Crippen LogP contribution in [0, 0.1) is 10.1 Å². The zero-order valence-electron chi connectivity index (χ0n) is 13.0. The molecule has 24 heavy (non-hydrogen) atoms. The number of carboxylic acids is 1. The minimum absolute atomic E-state index is 0.0522. The van der Waals surface area contributed by atoms with Crippen molar-refractivity contribution in [2.24, 2.45) is 0 Å². The van der Waals surface area contributed by atoms with Crippen molar-refractivity contribution in [1.82, 2.24) is 19.9 Å². The Morgan fingerprint density at radius 2 is 1.79 bits per heavy atom.